The number of hydrogen-bond acceptors (Lipinski definition) is 4. The quantitative estimate of drug-likeness (QED) is 0.338. The van der Waals surface area contributed by atoms with Crippen LogP contribution in [0.2, 0.25) is 0 Å². The maximum Gasteiger partial charge on any atom is 0.263 e. The van der Waals surface area contributed by atoms with Crippen molar-refractivity contribution < 1.29 is 19.8 Å². The summed E-state index contributed by atoms with van der Waals surface area (Å²) < 4.78 is 25.6. The Bertz CT molecular complexity index is 967. The average Bonchev–Trinajstić information content (AvgIpc) is 3.21. The van der Waals surface area contributed by atoms with Crippen LogP contribution < -0.4 is 0 Å². The Balaban J connectivity index is 0.000000627. The third-order valence-corrected chi connectivity index (χ3v) is 5.98. The molecule has 1 atom stereocenters. The Kier molecular flexibility index (Phi) is 10.8. The van der Waals surface area contributed by atoms with E-state index in [0.717, 1.165) is 6.42 Å². The molecule has 1 aliphatic rings. The molecule has 3 rings (SSSR count). The number of rotatable bonds is 4. The third-order valence-electron chi connectivity index (χ3n) is 4.83. The number of halogens is 2. The highest BCUT2D eigenvalue weighted by Gasteiger charge is 2.24. The highest BCUT2D eigenvalue weighted by molar-refractivity contribution is 7.16. The van der Waals surface area contributed by atoms with Crippen molar-refractivity contribution in [2.24, 2.45) is 11.3 Å². The maximum absolute atomic E-state index is 12.8. The molecule has 0 bridgehead atoms. The van der Waals surface area contributed by atoms with Crippen LogP contribution in [0.15, 0.2) is 43.1 Å². The first-order chi connectivity index (χ1) is 15.0. The molecule has 0 N–H and O–H groups in total. The molecule has 1 unspecified atom stereocenters. The van der Waals surface area contributed by atoms with E-state index in [9.17, 15) is 18.4 Å². The molecule has 32 heavy (non-hydrogen) atoms. The summed E-state index contributed by atoms with van der Waals surface area (Å²) in [5.74, 6) is 0.532. The zero-order chi connectivity index (χ0) is 24.5. The van der Waals surface area contributed by atoms with E-state index in [-0.39, 0.29) is 24.1 Å². The number of carbonyl (C=O) groups is 2. The smallest absolute Gasteiger partial charge is 0.263 e. The van der Waals surface area contributed by atoms with E-state index in [1.807, 2.05) is 26.8 Å². The molecule has 6 heteroatoms. The van der Waals surface area contributed by atoms with E-state index >= 15 is 0 Å². The zero-order valence-corrected chi connectivity index (χ0v) is 20.6. The Morgan fingerprint density at radius 3 is 2.50 bits per heavy atom. The molecule has 0 fully saturated rings. The van der Waals surface area contributed by atoms with Gasteiger partial charge in [-0.15, -0.1) is 11.3 Å². The Morgan fingerprint density at radius 2 is 1.97 bits per heavy atom. The normalized spacial score (nSPS) is 16.9. The molecule has 0 spiro atoms. The second-order valence-corrected chi connectivity index (χ2v) is 9.18. The summed E-state index contributed by atoms with van der Waals surface area (Å²) in [5, 5.41) is 0.552. The van der Waals surface area contributed by atoms with Gasteiger partial charge in [0.25, 0.3) is 6.43 Å². The standard InChI is InChI=1S/C14H11F2NOS.C10H16O.C2H6.H2/c1-3-9-4-10(13(15)16)6-11(5-9)14-17-7-12(19-14)8(2)18;1-8-7-10(2,3)6-4-5-9(8)11;1-2;/h3-7,13H,1H2,2H3;4,6,8H,5,7H2,1-3H3;1-2H3;1H. The average molecular weight is 464 g/mol. The number of thiazole rings is 1. The molecule has 2 aromatic rings. The Hall–Kier alpha value is -2.47. The van der Waals surface area contributed by atoms with Crippen molar-refractivity contribution in [3.8, 4) is 10.6 Å². The topological polar surface area (TPSA) is 47.0 Å². The summed E-state index contributed by atoms with van der Waals surface area (Å²) in [6.45, 7) is 15.4. The van der Waals surface area contributed by atoms with Crippen molar-refractivity contribution in [3.05, 3.63) is 59.1 Å². The van der Waals surface area contributed by atoms with Gasteiger partial charge in [0, 0.05) is 38.0 Å². The summed E-state index contributed by atoms with van der Waals surface area (Å²) in [4.78, 5) is 27.1. The molecule has 1 aromatic heterocycles. The summed E-state index contributed by atoms with van der Waals surface area (Å²) in [5.41, 5.74) is 1.32. The molecule has 1 heterocycles. The predicted molar refractivity (Wildman–Crippen MR) is 132 cm³/mol. The number of ketones is 2. The number of benzene rings is 1. The molecule has 0 aliphatic heterocycles. The van der Waals surface area contributed by atoms with Gasteiger partial charge in [0.1, 0.15) is 10.8 Å². The lowest BCUT2D eigenvalue weighted by Gasteiger charge is -2.20. The van der Waals surface area contributed by atoms with Gasteiger partial charge in [0.2, 0.25) is 0 Å². The minimum Gasteiger partial charge on any atom is -0.299 e. The van der Waals surface area contributed by atoms with Crippen LogP contribution in [0.5, 0.6) is 0 Å². The lowest BCUT2D eigenvalue weighted by molar-refractivity contribution is -0.122. The molecule has 1 aliphatic carbocycles. The van der Waals surface area contributed by atoms with Gasteiger partial charge >= 0.3 is 0 Å². The van der Waals surface area contributed by atoms with E-state index < -0.39 is 6.43 Å². The second-order valence-electron chi connectivity index (χ2n) is 8.15. The van der Waals surface area contributed by atoms with Crippen LogP contribution in [0.25, 0.3) is 16.6 Å². The number of nitrogens with zero attached hydrogens (tertiary/aromatic N) is 1. The van der Waals surface area contributed by atoms with Gasteiger partial charge in [0.05, 0.1) is 4.88 Å². The van der Waals surface area contributed by atoms with Crippen molar-refractivity contribution in [2.75, 3.05) is 0 Å². The van der Waals surface area contributed by atoms with E-state index in [1.165, 1.54) is 42.7 Å². The predicted octanol–water partition coefficient (Wildman–Crippen LogP) is 8.43. The number of Topliss-reactive ketones (excluding diaryl/α,β-unsaturated/α-hetero) is 2. The number of hydrogen-bond donors (Lipinski definition) is 0. The summed E-state index contributed by atoms with van der Waals surface area (Å²) in [7, 11) is 0. The lowest BCUT2D eigenvalue weighted by atomic mass is 9.84. The number of allylic oxidation sites excluding steroid dienone is 2. The SMILES string of the molecule is C=Cc1cc(-c2ncc(C(C)=O)s2)cc(C(F)F)c1.CC.CC1CC(C)(C)C=CCC1=O.[HH]. The molecule has 0 saturated carbocycles. The molecule has 1 aromatic carbocycles. The van der Waals surface area contributed by atoms with Crippen LogP contribution >= 0.6 is 11.3 Å². The molecule has 0 saturated heterocycles. The van der Waals surface area contributed by atoms with Gasteiger partial charge in [0.15, 0.2) is 5.78 Å². The van der Waals surface area contributed by atoms with E-state index in [4.69, 9.17) is 0 Å². The Morgan fingerprint density at radius 1 is 1.31 bits per heavy atom. The zero-order valence-electron chi connectivity index (χ0n) is 19.7. The Labute approximate surface area is 195 Å². The summed E-state index contributed by atoms with van der Waals surface area (Å²) >= 11 is 1.19. The largest absolute Gasteiger partial charge is 0.299 e. The minimum absolute atomic E-state index is 0. The van der Waals surface area contributed by atoms with Crippen LogP contribution in [-0.4, -0.2) is 16.6 Å². The number of aromatic nitrogens is 1. The van der Waals surface area contributed by atoms with Gasteiger partial charge in [-0.05, 0) is 35.6 Å². The monoisotopic (exact) mass is 463 g/mol. The fourth-order valence-electron chi connectivity index (χ4n) is 3.28. The number of carbonyl (C=O) groups excluding carboxylic acids is 2. The minimum atomic E-state index is -2.55. The molecular weight excluding hydrogens is 428 g/mol. The molecule has 0 radical (unpaired) electrons. The van der Waals surface area contributed by atoms with Crippen molar-refractivity contribution in [1.29, 1.82) is 0 Å². The highest BCUT2D eigenvalue weighted by atomic mass is 32.1. The van der Waals surface area contributed by atoms with Crippen LogP contribution in [0, 0.1) is 11.3 Å². The first kappa shape index (κ1) is 27.6. The summed E-state index contributed by atoms with van der Waals surface area (Å²) in [6, 6.07) is 4.50. The molecular formula is C26H35F2NO2S. The highest BCUT2D eigenvalue weighted by Crippen LogP contribution is 2.31. The molecule has 176 valence electrons. The molecule has 0 amide bonds. The van der Waals surface area contributed by atoms with E-state index in [2.05, 4.69) is 31.5 Å². The first-order valence-corrected chi connectivity index (χ1v) is 11.6. The van der Waals surface area contributed by atoms with Crippen molar-refractivity contribution in [1.82, 2.24) is 4.98 Å². The van der Waals surface area contributed by atoms with Crippen LogP contribution in [0.1, 0.15) is 83.0 Å². The van der Waals surface area contributed by atoms with Gasteiger partial charge < -0.3 is 0 Å². The first-order valence-electron chi connectivity index (χ1n) is 10.8. The van der Waals surface area contributed by atoms with Crippen molar-refractivity contribution >= 4 is 29.0 Å². The van der Waals surface area contributed by atoms with Gasteiger partial charge in [-0.1, -0.05) is 59.4 Å². The van der Waals surface area contributed by atoms with Gasteiger partial charge in [-0.25, -0.2) is 13.8 Å². The maximum atomic E-state index is 12.8. The number of alkyl halides is 2. The van der Waals surface area contributed by atoms with Crippen LogP contribution in [0.3, 0.4) is 0 Å². The second kappa shape index (κ2) is 12.5. The fourth-order valence-corrected chi connectivity index (χ4v) is 4.08. The van der Waals surface area contributed by atoms with E-state index in [1.54, 1.807) is 6.07 Å². The van der Waals surface area contributed by atoms with Gasteiger partial charge in [-0.2, -0.15) is 0 Å². The fraction of sp³-hybridized carbons (Fsp3) is 0.423. The van der Waals surface area contributed by atoms with Crippen molar-refractivity contribution in [3.63, 3.8) is 0 Å². The third kappa shape index (κ3) is 8.23. The lowest BCUT2D eigenvalue weighted by Crippen LogP contribution is -2.16. The van der Waals surface area contributed by atoms with Crippen LogP contribution in [0.4, 0.5) is 8.78 Å². The summed E-state index contributed by atoms with van der Waals surface area (Å²) in [6.07, 6.45) is 6.21. The van der Waals surface area contributed by atoms with E-state index in [0.29, 0.717) is 33.2 Å². The molecule has 3 nitrogen and oxygen atoms in total. The van der Waals surface area contributed by atoms with Crippen LogP contribution in [-0.2, 0) is 4.79 Å². The van der Waals surface area contributed by atoms with Crippen molar-refractivity contribution in [2.45, 2.75) is 60.8 Å². The van der Waals surface area contributed by atoms with Gasteiger partial charge in [-0.3, -0.25) is 9.59 Å².